The molecule has 0 fully saturated rings. The number of methoxy groups -OCH3 is 1. The topological polar surface area (TPSA) is 39.7 Å². The molecule has 0 unspecified atom stereocenters. The number of benzene rings is 2. The van der Waals surface area contributed by atoms with E-state index in [1.165, 1.54) is 0 Å². The highest BCUT2D eigenvalue weighted by Gasteiger charge is 2.02. The van der Waals surface area contributed by atoms with Crippen molar-refractivity contribution in [3.63, 3.8) is 0 Å². The van der Waals surface area contributed by atoms with Gasteiger partial charge in [-0.1, -0.05) is 18.2 Å². The van der Waals surface area contributed by atoms with Gasteiger partial charge in [0.25, 0.3) is 0 Å². The van der Waals surface area contributed by atoms with Crippen LogP contribution in [0.3, 0.4) is 0 Å². The van der Waals surface area contributed by atoms with Gasteiger partial charge in [0.05, 0.1) is 13.2 Å². The number of anilines is 1. The largest absolute Gasteiger partial charge is 0.494 e. The minimum Gasteiger partial charge on any atom is -0.494 e. The van der Waals surface area contributed by atoms with Gasteiger partial charge in [0.1, 0.15) is 18.1 Å². The van der Waals surface area contributed by atoms with Crippen LogP contribution in [0.25, 0.3) is 0 Å². The van der Waals surface area contributed by atoms with E-state index in [1.54, 1.807) is 7.11 Å². The lowest BCUT2D eigenvalue weighted by molar-refractivity contribution is 0.146. The summed E-state index contributed by atoms with van der Waals surface area (Å²) in [5, 5.41) is 3.39. The summed E-state index contributed by atoms with van der Waals surface area (Å²) in [5.74, 6) is 1.77. The van der Waals surface area contributed by atoms with Crippen LogP contribution in [-0.4, -0.2) is 26.9 Å². The molecule has 0 spiro atoms. The highest BCUT2D eigenvalue weighted by Crippen LogP contribution is 2.21. The van der Waals surface area contributed by atoms with E-state index < -0.39 is 0 Å². The first kappa shape index (κ1) is 16.2. The fourth-order valence-corrected chi connectivity index (χ4v) is 2.06. The summed E-state index contributed by atoms with van der Waals surface area (Å²) < 4.78 is 16.1. The van der Waals surface area contributed by atoms with Gasteiger partial charge in [-0.15, -0.1) is 0 Å². The third-order valence-corrected chi connectivity index (χ3v) is 3.17. The van der Waals surface area contributed by atoms with Gasteiger partial charge in [-0.05, 0) is 37.3 Å². The summed E-state index contributed by atoms with van der Waals surface area (Å²) in [6, 6.07) is 16.0. The van der Waals surface area contributed by atoms with E-state index in [1.807, 2.05) is 49.4 Å². The molecule has 4 heteroatoms. The molecule has 0 radical (unpaired) electrons. The average Bonchev–Trinajstić information content (AvgIpc) is 2.56. The molecule has 0 saturated heterocycles. The molecule has 0 saturated carbocycles. The highest BCUT2D eigenvalue weighted by atomic mass is 16.5. The third kappa shape index (κ3) is 4.97. The summed E-state index contributed by atoms with van der Waals surface area (Å²) in [7, 11) is 1.66. The molecule has 22 heavy (non-hydrogen) atoms. The molecule has 0 heterocycles. The second-order valence-electron chi connectivity index (χ2n) is 4.76. The van der Waals surface area contributed by atoms with E-state index in [9.17, 15) is 0 Å². The van der Waals surface area contributed by atoms with Gasteiger partial charge in [0.15, 0.2) is 0 Å². The molecule has 118 valence electrons. The normalized spacial score (nSPS) is 10.3. The summed E-state index contributed by atoms with van der Waals surface area (Å²) in [5.41, 5.74) is 2.19. The number of hydrogen-bond donors (Lipinski definition) is 1. The first-order valence-corrected chi connectivity index (χ1v) is 7.50. The fourth-order valence-electron chi connectivity index (χ4n) is 2.06. The SMILES string of the molecule is CCOc1ccccc1CNc1ccc(OCCOC)cc1. The molecule has 0 amide bonds. The quantitative estimate of drug-likeness (QED) is 0.717. The lowest BCUT2D eigenvalue weighted by Gasteiger charge is -2.12. The van der Waals surface area contributed by atoms with Crippen molar-refractivity contribution in [2.45, 2.75) is 13.5 Å². The van der Waals surface area contributed by atoms with Crippen LogP contribution < -0.4 is 14.8 Å². The van der Waals surface area contributed by atoms with Crippen molar-refractivity contribution in [2.75, 3.05) is 32.2 Å². The molecular formula is C18H23NO3. The Morgan fingerprint density at radius 3 is 2.41 bits per heavy atom. The van der Waals surface area contributed by atoms with E-state index in [4.69, 9.17) is 14.2 Å². The van der Waals surface area contributed by atoms with Crippen LogP contribution in [-0.2, 0) is 11.3 Å². The van der Waals surface area contributed by atoms with E-state index in [2.05, 4.69) is 11.4 Å². The van der Waals surface area contributed by atoms with Gasteiger partial charge >= 0.3 is 0 Å². The van der Waals surface area contributed by atoms with Crippen LogP contribution in [0, 0.1) is 0 Å². The van der Waals surface area contributed by atoms with Crippen molar-refractivity contribution in [3.8, 4) is 11.5 Å². The van der Waals surface area contributed by atoms with Gasteiger partial charge in [0, 0.05) is 24.9 Å². The average molecular weight is 301 g/mol. The number of hydrogen-bond acceptors (Lipinski definition) is 4. The summed E-state index contributed by atoms with van der Waals surface area (Å²) in [4.78, 5) is 0. The first-order chi connectivity index (χ1) is 10.8. The minimum atomic E-state index is 0.561. The molecular weight excluding hydrogens is 278 g/mol. The second kappa shape index (κ2) is 8.95. The Bertz CT molecular complexity index is 555. The lowest BCUT2D eigenvalue weighted by atomic mass is 10.2. The molecule has 0 atom stereocenters. The summed E-state index contributed by atoms with van der Waals surface area (Å²) in [6.07, 6.45) is 0. The third-order valence-electron chi connectivity index (χ3n) is 3.17. The maximum Gasteiger partial charge on any atom is 0.124 e. The van der Waals surface area contributed by atoms with Crippen molar-refractivity contribution in [3.05, 3.63) is 54.1 Å². The van der Waals surface area contributed by atoms with E-state index in [0.29, 0.717) is 19.8 Å². The number of para-hydroxylation sites is 1. The van der Waals surface area contributed by atoms with Crippen LogP contribution in [0.1, 0.15) is 12.5 Å². The molecule has 0 aliphatic rings. The molecule has 0 aliphatic carbocycles. The van der Waals surface area contributed by atoms with E-state index in [-0.39, 0.29) is 0 Å². The van der Waals surface area contributed by atoms with Crippen LogP contribution in [0.2, 0.25) is 0 Å². The lowest BCUT2D eigenvalue weighted by Crippen LogP contribution is -2.05. The van der Waals surface area contributed by atoms with Crippen molar-refractivity contribution in [1.29, 1.82) is 0 Å². The van der Waals surface area contributed by atoms with Gasteiger partial charge in [0.2, 0.25) is 0 Å². The predicted molar refractivity (Wildman–Crippen MR) is 88.8 cm³/mol. The standard InChI is InChI=1S/C18H23NO3/c1-3-21-18-7-5-4-6-15(18)14-19-16-8-10-17(11-9-16)22-13-12-20-2/h4-11,19H,3,12-14H2,1-2H3. The van der Waals surface area contributed by atoms with Crippen molar-refractivity contribution >= 4 is 5.69 Å². The highest BCUT2D eigenvalue weighted by molar-refractivity contribution is 5.47. The molecule has 2 aromatic rings. The van der Waals surface area contributed by atoms with Crippen molar-refractivity contribution < 1.29 is 14.2 Å². The molecule has 1 N–H and O–H groups in total. The molecule has 2 rings (SSSR count). The Hall–Kier alpha value is -2.20. The summed E-state index contributed by atoms with van der Waals surface area (Å²) >= 11 is 0. The minimum absolute atomic E-state index is 0.561. The number of nitrogens with one attached hydrogen (secondary N) is 1. The fraction of sp³-hybridized carbons (Fsp3) is 0.333. The smallest absolute Gasteiger partial charge is 0.124 e. The molecule has 4 nitrogen and oxygen atoms in total. The second-order valence-corrected chi connectivity index (χ2v) is 4.76. The van der Waals surface area contributed by atoms with E-state index in [0.717, 1.165) is 29.3 Å². The van der Waals surface area contributed by atoms with Crippen LogP contribution >= 0.6 is 0 Å². The molecule has 2 aromatic carbocycles. The maximum absolute atomic E-state index is 5.63. The van der Waals surface area contributed by atoms with Gasteiger partial charge < -0.3 is 19.5 Å². The Labute approximate surface area is 132 Å². The summed E-state index contributed by atoms with van der Waals surface area (Å²) in [6.45, 7) is 4.54. The van der Waals surface area contributed by atoms with Crippen molar-refractivity contribution in [1.82, 2.24) is 0 Å². The predicted octanol–water partition coefficient (Wildman–Crippen LogP) is 3.72. The zero-order chi connectivity index (χ0) is 15.6. The maximum atomic E-state index is 5.63. The number of rotatable bonds is 9. The van der Waals surface area contributed by atoms with Crippen LogP contribution in [0.5, 0.6) is 11.5 Å². The Morgan fingerprint density at radius 1 is 0.909 bits per heavy atom. The monoisotopic (exact) mass is 301 g/mol. The van der Waals surface area contributed by atoms with Crippen LogP contribution in [0.4, 0.5) is 5.69 Å². The Balaban J connectivity index is 1.89. The molecule has 0 aromatic heterocycles. The number of ether oxygens (including phenoxy) is 3. The zero-order valence-electron chi connectivity index (χ0n) is 13.2. The van der Waals surface area contributed by atoms with Crippen molar-refractivity contribution in [2.24, 2.45) is 0 Å². The van der Waals surface area contributed by atoms with Crippen LogP contribution in [0.15, 0.2) is 48.5 Å². The molecule has 0 bridgehead atoms. The zero-order valence-corrected chi connectivity index (χ0v) is 13.2. The van der Waals surface area contributed by atoms with E-state index >= 15 is 0 Å². The molecule has 0 aliphatic heterocycles. The first-order valence-electron chi connectivity index (χ1n) is 7.50. The Morgan fingerprint density at radius 2 is 1.68 bits per heavy atom. The van der Waals surface area contributed by atoms with Gasteiger partial charge in [-0.2, -0.15) is 0 Å². The van der Waals surface area contributed by atoms with Gasteiger partial charge in [-0.3, -0.25) is 0 Å². The van der Waals surface area contributed by atoms with Gasteiger partial charge in [-0.25, -0.2) is 0 Å². The Kier molecular flexibility index (Phi) is 6.58.